The number of ether oxygens (including phenoxy) is 1. The summed E-state index contributed by atoms with van der Waals surface area (Å²) in [6.45, 7) is -0.0277. The molecule has 0 atom stereocenters. The maximum atomic E-state index is 12.1. The van der Waals surface area contributed by atoms with Crippen LogP contribution in [0.1, 0.15) is 5.69 Å². The molecular formula is C14H14N6O3S. The Balaban J connectivity index is 1.86. The summed E-state index contributed by atoms with van der Waals surface area (Å²) >= 11 is 0. The Morgan fingerprint density at radius 3 is 2.75 bits per heavy atom. The summed E-state index contributed by atoms with van der Waals surface area (Å²) in [4.78, 5) is 12.3. The molecule has 0 unspecified atom stereocenters. The van der Waals surface area contributed by atoms with Gasteiger partial charge in [0.1, 0.15) is 12.1 Å². The first-order chi connectivity index (χ1) is 11.6. The smallest absolute Gasteiger partial charge is 0.276 e. The van der Waals surface area contributed by atoms with Crippen molar-refractivity contribution < 1.29 is 13.2 Å². The van der Waals surface area contributed by atoms with Crippen LogP contribution in [-0.2, 0) is 16.6 Å². The number of hydrogen-bond acceptors (Lipinski definition) is 7. The quantitative estimate of drug-likeness (QED) is 0.675. The molecule has 10 heteroatoms. The average molecular weight is 346 g/mol. The zero-order valence-corrected chi connectivity index (χ0v) is 13.5. The molecular weight excluding hydrogens is 332 g/mol. The lowest BCUT2D eigenvalue weighted by atomic mass is 10.2. The molecule has 3 aromatic heterocycles. The number of pyridine rings is 2. The molecule has 0 aliphatic rings. The van der Waals surface area contributed by atoms with Crippen molar-refractivity contribution in [2.45, 2.75) is 11.7 Å². The fourth-order valence-corrected chi connectivity index (χ4v) is 2.81. The first-order valence-corrected chi connectivity index (χ1v) is 8.38. The summed E-state index contributed by atoms with van der Waals surface area (Å²) in [5, 5.41) is 5.58. The van der Waals surface area contributed by atoms with Crippen LogP contribution in [0.5, 0.6) is 5.75 Å². The Morgan fingerprint density at radius 1 is 1.21 bits per heavy atom. The normalized spacial score (nSPS) is 11.4. The van der Waals surface area contributed by atoms with E-state index < -0.39 is 10.0 Å². The second-order valence-electron chi connectivity index (χ2n) is 4.71. The second kappa shape index (κ2) is 6.72. The highest BCUT2D eigenvalue weighted by molar-refractivity contribution is 7.89. The number of nitrogens with one attached hydrogen (secondary N) is 2. The molecule has 0 amide bonds. The number of aromatic amines is 1. The Bertz CT molecular complexity index is 913. The molecule has 2 N–H and O–H groups in total. The van der Waals surface area contributed by atoms with Gasteiger partial charge in [-0.05, 0) is 12.1 Å². The lowest BCUT2D eigenvalue weighted by molar-refractivity contribution is 0.413. The van der Waals surface area contributed by atoms with Gasteiger partial charge in [0.15, 0.2) is 0 Å². The Labute approximate surface area is 138 Å². The van der Waals surface area contributed by atoms with Crippen LogP contribution in [0.2, 0.25) is 0 Å². The third-order valence-corrected chi connectivity index (χ3v) is 4.34. The first kappa shape index (κ1) is 16.0. The molecule has 24 heavy (non-hydrogen) atoms. The molecule has 0 saturated heterocycles. The predicted octanol–water partition coefficient (Wildman–Crippen LogP) is 0.749. The van der Waals surface area contributed by atoms with Crippen molar-refractivity contribution in [2.24, 2.45) is 0 Å². The lowest BCUT2D eigenvalue weighted by Gasteiger charge is -2.09. The van der Waals surface area contributed by atoms with Gasteiger partial charge in [-0.1, -0.05) is 6.07 Å². The van der Waals surface area contributed by atoms with Crippen LogP contribution in [0, 0.1) is 0 Å². The molecule has 124 valence electrons. The van der Waals surface area contributed by atoms with Gasteiger partial charge in [-0.3, -0.25) is 4.98 Å². The molecule has 0 aliphatic carbocycles. The molecule has 0 radical (unpaired) electrons. The van der Waals surface area contributed by atoms with Crippen molar-refractivity contribution in [1.29, 1.82) is 0 Å². The van der Waals surface area contributed by atoms with E-state index in [-0.39, 0.29) is 11.7 Å². The van der Waals surface area contributed by atoms with E-state index in [1.807, 2.05) is 12.1 Å². The zero-order valence-electron chi connectivity index (χ0n) is 12.7. The molecule has 0 bridgehead atoms. The number of H-pyrrole nitrogens is 1. The molecule has 0 aliphatic heterocycles. The highest BCUT2D eigenvalue weighted by Crippen LogP contribution is 2.21. The highest BCUT2D eigenvalue weighted by atomic mass is 32.2. The van der Waals surface area contributed by atoms with Crippen molar-refractivity contribution in [3.8, 4) is 17.1 Å². The summed E-state index contributed by atoms with van der Waals surface area (Å²) in [7, 11) is -2.26. The van der Waals surface area contributed by atoms with Crippen LogP contribution < -0.4 is 9.46 Å². The van der Waals surface area contributed by atoms with Gasteiger partial charge >= 0.3 is 0 Å². The second-order valence-corrected chi connectivity index (χ2v) is 6.40. The van der Waals surface area contributed by atoms with Gasteiger partial charge in [-0.15, -0.1) is 0 Å². The molecule has 0 saturated carbocycles. The van der Waals surface area contributed by atoms with E-state index in [1.165, 1.54) is 7.11 Å². The molecule has 3 aromatic rings. The maximum absolute atomic E-state index is 12.1. The monoisotopic (exact) mass is 346 g/mol. The van der Waals surface area contributed by atoms with Crippen LogP contribution in [0.4, 0.5) is 0 Å². The van der Waals surface area contributed by atoms with Crippen molar-refractivity contribution in [2.75, 3.05) is 7.11 Å². The number of methoxy groups -OCH3 is 1. The molecule has 0 spiro atoms. The van der Waals surface area contributed by atoms with Gasteiger partial charge < -0.3 is 4.74 Å². The molecule has 9 nitrogen and oxygen atoms in total. The Kier molecular flexibility index (Phi) is 4.49. The minimum Gasteiger partial charge on any atom is -0.497 e. The minimum absolute atomic E-state index is 0.0277. The summed E-state index contributed by atoms with van der Waals surface area (Å²) in [5.74, 6) is 0.555. The molecule has 0 aromatic carbocycles. The number of hydrogen-bond donors (Lipinski definition) is 2. The summed E-state index contributed by atoms with van der Waals surface area (Å²) in [5.41, 5.74) is 1.73. The van der Waals surface area contributed by atoms with Crippen molar-refractivity contribution >= 4 is 10.0 Å². The SMILES string of the molecule is COc1cc(CNS(=O)(=O)c2ncn[nH]2)nc(-c2ccccn2)c1. The number of sulfonamides is 1. The van der Waals surface area contributed by atoms with Gasteiger partial charge in [-0.2, -0.15) is 5.10 Å². The maximum Gasteiger partial charge on any atom is 0.276 e. The molecule has 3 heterocycles. The van der Waals surface area contributed by atoms with E-state index in [0.29, 0.717) is 22.8 Å². The predicted molar refractivity (Wildman–Crippen MR) is 84.4 cm³/mol. The summed E-state index contributed by atoms with van der Waals surface area (Å²) in [6.07, 6.45) is 2.78. The van der Waals surface area contributed by atoms with E-state index in [9.17, 15) is 8.42 Å². The third kappa shape index (κ3) is 3.55. The van der Waals surface area contributed by atoms with Gasteiger partial charge in [0.2, 0.25) is 0 Å². The number of nitrogens with zero attached hydrogens (tertiary/aromatic N) is 4. The van der Waals surface area contributed by atoms with E-state index in [0.717, 1.165) is 6.33 Å². The van der Waals surface area contributed by atoms with Crippen molar-refractivity contribution in [1.82, 2.24) is 29.9 Å². The highest BCUT2D eigenvalue weighted by Gasteiger charge is 2.17. The van der Waals surface area contributed by atoms with Crippen LogP contribution in [-0.4, -0.2) is 40.7 Å². The first-order valence-electron chi connectivity index (χ1n) is 6.90. The number of aromatic nitrogens is 5. The Hall–Kier alpha value is -2.85. The molecule has 0 fully saturated rings. The van der Waals surface area contributed by atoms with Crippen LogP contribution in [0.25, 0.3) is 11.4 Å². The average Bonchev–Trinajstić information content (AvgIpc) is 3.16. The summed E-state index contributed by atoms with van der Waals surface area (Å²) < 4.78 is 31.8. The fourth-order valence-electron chi connectivity index (χ4n) is 1.97. The van der Waals surface area contributed by atoms with E-state index in [2.05, 4.69) is 29.9 Å². The van der Waals surface area contributed by atoms with Crippen LogP contribution >= 0.6 is 0 Å². The number of rotatable bonds is 6. The topological polar surface area (TPSA) is 123 Å². The standard InChI is InChI=1S/C14H14N6O3S/c1-23-11-6-10(8-18-24(21,22)14-16-9-17-20-14)19-13(7-11)12-4-2-3-5-15-12/h2-7,9,18H,8H2,1H3,(H,16,17,20). The minimum atomic E-state index is -3.79. The largest absolute Gasteiger partial charge is 0.497 e. The van der Waals surface area contributed by atoms with Crippen molar-refractivity contribution in [3.05, 3.63) is 48.5 Å². The van der Waals surface area contributed by atoms with E-state index >= 15 is 0 Å². The lowest BCUT2D eigenvalue weighted by Crippen LogP contribution is -2.25. The van der Waals surface area contributed by atoms with Gasteiger partial charge in [0.05, 0.1) is 30.7 Å². The van der Waals surface area contributed by atoms with E-state index in [1.54, 1.807) is 24.4 Å². The van der Waals surface area contributed by atoms with Crippen LogP contribution in [0.3, 0.4) is 0 Å². The van der Waals surface area contributed by atoms with E-state index in [4.69, 9.17) is 4.74 Å². The van der Waals surface area contributed by atoms with Gasteiger partial charge in [0, 0.05) is 18.3 Å². The van der Waals surface area contributed by atoms with Gasteiger partial charge in [0.25, 0.3) is 15.2 Å². The zero-order chi connectivity index (χ0) is 17.0. The summed E-state index contributed by atoms with van der Waals surface area (Å²) in [6, 6.07) is 8.84. The molecule has 3 rings (SSSR count). The third-order valence-electron chi connectivity index (χ3n) is 3.11. The fraction of sp³-hybridized carbons (Fsp3) is 0.143. The Morgan fingerprint density at radius 2 is 2.08 bits per heavy atom. The van der Waals surface area contributed by atoms with Gasteiger partial charge in [-0.25, -0.2) is 28.2 Å². The van der Waals surface area contributed by atoms with Crippen LogP contribution in [0.15, 0.2) is 48.0 Å². The van der Waals surface area contributed by atoms with Crippen molar-refractivity contribution in [3.63, 3.8) is 0 Å².